The van der Waals surface area contributed by atoms with E-state index in [0.717, 1.165) is 16.6 Å². The largest absolute Gasteiger partial charge is 0.280 e. The van der Waals surface area contributed by atoms with E-state index in [1.807, 2.05) is 37.3 Å². The Bertz CT molecular complexity index is 756. The van der Waals surface area contributed by atoms with Gasteiger partial charge in [0.25, 0.3) is 5.91 Å². The average molecular weight is 270 g/mol. The second kappa shape index (κ2) is 4.56. The van der Waals surface area contributed by atoms with Gasteiger partial charge in [-0.2, -0.15) is 0 Å². The minimum atomic E-state index is -0.0321. The molecule has 0 radical (unpaired) electrons. The summed E-state index contributed by atoms with van der Waals surface area (Å²) < 4.78 is 1.73. The quantitative estimate of drug-likeness (QED) is 0.646. The maximum Gasteiger partial charge on any atom is 0.262 e. The third-order valence-electron chi connectivity index (χ3n) is 3.19. The van der Waals surface area contributed by atoms with E-state index in [0.29, 0.717) is 10.6 Å². The average Bonchev–Trinajstić information content (AvgIpc) is 2.74. The first-order valence-corrected chi connectivity index (χ1v) is 6.42. The molecular weight excluding hydrogens is 258 g/mol. The fourth-order valence-corrected chi connectivity index (χ4v) is 2.41. The molecule has 1 heterocycles. The van der Waals surface area contributed by atoms with E-state index in [4.69, 9.17) is 11.6 Å². The number of hydrogen-bond acceptors (Lipinski definition) is 1. The third-order valence-corrected chi connectivity index (χ3v) is 3.44. The van der Waals surface area contributed by atoms with Crippen LogP contribution in [-0.4, -0.2) is 10.5 Å². The van der Waals surface area contributed by atoms with Crippen molar-refractivity contribution in [2.45, 2.75) is 6.92 Å². The topological polar surface area (TPSA) is 22.0 Å². The first kappa shape index (κ1) is 12.0. The van der Waals surface area contributed by atoms with Crippen LogP contribution in [0.1, 0.15) is 16.1 Å². The van der Waals surface area contributed by atoms with Crippen LogP contribution in [0.25, 0.3) is 10.9 Å². The van der Waals surface area contributed by atoms with E-state index in [2.05, 4.69) is 0 Å². The normalized spacial score (nSPS) is 10.8. The summed E-state index contributed by atoms with van der Waals surface area (Å²) in [6.07, 6.45) is 0. The van der Waals surface area contributed by atoms with Crippen LogP contribution in [0, 0.1) is 6.92 Å². The summed E-state index contributed by atoms with van der Waals surface area (Å²) in [5, 5.41) is 1.70. The molecule has 0 atom stereocenters. The summed E-state index contributed by atoms with van der Waals surface area (Å²) >= 11 is 5.85. The second-order valence-electron chi connectivity index (χ2n) is 4.49. The van der Waals surface area contributed by atoms with E-state index in [1.165, 1.54) is 0 Å². The van der Waals surface area contributed by atoms with E-state index < -0.39 is 0 Å². The van der Waals surface area contributed by atoms with Gasteiger partial charge in [0.15, 0.2) is 0 Å². The summed E-state index contributed by atoms with van der Waals surface area (Å²) in [7, 11) is 0. The number of carbonyl (C=O) groups excluding carboxylic acids is 1. The molecule has 0 bridgehead atoms. The van der Waals surface area contributed by atoms with Crippen LogP contribution in [0.4, 0.5) is 0 Å². The molecule has 0 aliphatic carbocycles. The van der Waals surface area contributed by atoms with E-state index in [9.17, 15) is 4.79 Å². The number of aryl methyl sites for hydroxylation is 1. The minimum Gasteiger partial charge on any atom is -0.280 e. The molecule has 3 aromatic rings. The Morgan fingerprint density at radius 2 is 1.74 bits per heavy atom. The molecular formula is C16H12ClNO. The highest BCUT2D eigenvalue weighted by atomic mass is 35.5. The van der Waals surface area contributed by atoms with Crippen LogP contribution in [0.2, 0.25) is 5.02 Å². The predicted octanol–water partition coefficient (Wildman–Crippen LogP) is 4.29. The summed E-state index contributed by atoms with van der Waals surface area (Å²) in [6.45, 7) is 1.94. The number of fused-ring (bicyclic) bond motifs is 1. The van der Waals surface area contributed by atoms with Crippen LogP contribution in [-0.2, 0) is 0 Å². The Labute approximate surface area is 116 Å². The highest BCUT2D eigenvalue weighted by Crippen LogP contribution is 2.21. The number of aromatic nitrogens is 1. The predicted molar refractivity (Wildman–Crippen MR) is 77.9 cm³/mol. The zero-order valence-corrected chi connectivity index (χ0v) is 11.2. The van der Waals surface area contributed by atoms with Crippen LogP contribution < -0.4 is 0 Å². The van der Waals surface area contributed by atoms with Crippen LogP contribution in [0.5, 0.6) is 0 Å². The Kier molecular flexibility index (Phi) is 2.88. The van der Waals surface area contributed by atoms with Gasteiger partial charge >= 0.3 is 0 Å². The molecule has 0 saturated carbocycles. The fourth-order valence-electron chi connectivity index (χ4n) is 2.28. The van der Waals surface area contributed by atoms with Crippen molar-refractivity contribution in [3.8, 4) is 0 Å². The van der Waals surface area contributed by atoms with Crippen molar-refractivity contribution in [2.75, 3.05) is 0 Å². The fraction of sp³-hybridized carbons (Fsp3) is 0.0625. The Morgan fingerprint density at radius 3 is 2.47 bits per heavy atom. The molecule has 0 saturated heterocycles. The molecule has 94 valence electrons. The van der Waals surface area contributed by atoms with Gasteiger partial charge in [0.1, 0.15) is 0 Å². The summed E-state index contributed by atoms with van der Waals surface area (Å²) in [6, 6.07) is 16.9. The smallest absolute Gasteiger partial charge is 0.262 e. The number of carbonyl (C=O) groups is 1. The van der Waals surface area contributed by atoms with Crippen LogP contribution in [0.3, 0.4) is 0 Å². The molecule has 0 aliphatic heterocycles. The zero-order chi connectivity index (χ0) is 13.4. The molecule has 0 N–H and O–H groups in total. The summed E-state index contributed by atoms with van der Waals surface area (Å²) in [5.74, 6) is -0.0321. The Hall–Kier alpha value is -2.06. The molecule has 2 nitrogen and oxygen atoms in total. The molecule has 0 fully saturated rings. The van der Waals surface area contributed by atoms with Crippen LogP contribution in [0.15, 0.2) is 54.6 Å². The van der Waals surface area contributed by atoms with Gasteiger partial charge in [0.2, 0.25) is 0 Å². The summed E-state index contributed by atoms with van der Waals surface area (Å²) in [4.78, 5) is 12.6. The molecule has 3 rings (SSSR count). The monoisotopic (exact) mass is 269 g/mol. The second-order valence-corrected chi connectivity index (χ2v) is 4.93. The summed E-state index contributed by atoms with van der Waals surface area (Å²) in [5.41, 5.74) is 2.50. The maximum atomic E-state index is 12.6. The molecule has 3 heteroatoms. The van der Waals surface area contributed by atoms with Crippen molar-refractivity contribution in [3.05, 3.63) is 70.9 Å². The standard InChI is InChI=1S/C16H12ClNO/c1-11-10-13-4-2-3-5-15(13)18(11)16(19)12-6-8-14(17)9-7-12/h2-10H,1H3. The molecule has 0 unspecified atom stereocenters. The Morgan fingerprint density at radius 1 is 1.05 bits per heavy atom. The first-order valence-electron chi connectivity index (χ1n) is 6.04. The molecule has 0 spiro atoms. The Balaban J connectivity index is 2.16. The highest BCUT2D eigenvalue weighted by molar-refractivity contribution is 6.30. The van der Waals surface area contributed by atoms with E-state index in [1.54, 1.807) is 28.8 Å². The zero-order valence-electron chi connectivity index (χ0n) is 10.4. The van der Waals surface area contributed by atoms with Crippen molar-refractivity contribution in [2.24, 2.45) is 0 Å². The van der Waals surface area contributed by atoms with Crippen LogP contribution >= 0.6 is 11.6 Å². The molecule has 19 heavy (non-hydrogen) atoms. The van der Waals surface area contributed by atoms with Gasteiger partial charge in [-0.15, -0.1) is 0 Å². The van der Waals surface area contributed by atoms with Gasteiger partial charge in [-0.3, -0.25) is 9.36 Å². The highest BCUT2D eigenvalue weighted by Gasteiger charge is 2.14. The maximum absolute atomic E-state index is 12.6. The van der Waals surface area contributed by atoms with Crippen molar-refractivity contribution in [1.29, 1.82) is 0 Å². The number of nitrogens with zero attached hydrogens (tertiary/aromatic N) is 1. The first-order chi connectivity index (χ1) is 9.16. The molecule has 0 aliphatic rings. The van der Waals surface area contributed by atoms with Gasteiger partial charge in [0, 0.05) is 21.7 Å². The van der Waals surface area contributed by atoms with E-state index >= 15 is 0 Å². The van der Waals surface area contributed by atoms with Crippen molar-refractivity contribution in [1.82, 2.24) is 4.57 Å². The number of rotatable bonds is 1. The number of hydrogen-bond donors (Lipinski definition) is 0. The van der Waals surface area contributed by atoms with Crippen molar-refractivity contribution >= 4 is 28.4 Å². The van der Waals surface area contributed by atoms with E-state index in [-0.39, 0.29) is 5.91 Å². The van der Waals surface area contributed by atoms with Gasteiger partial charge < -0.3 is 0 Å². The number of para-hydroxylation sites is 1. The van der Waals surface area contributed by atoms with Gasteiger partial charge in [0.05, 0.1) is 5.52 Å². The SMILES string of the molecule is Cc1cc2ccccc2n1C(=O)c1ccc(Cl)cc1. The lowest BCUT2D eigenvalue weighted by Crippen LogP contribution is -2.12. The number of benzene rings is 2. The lowest BCUT2D eigenvalue weighted by Gasteiger charge is -2.07. The molecule has 2 aromatic carbocycles. The lowest BCUT2D eigenvalue weighted by molar-refractivity contribution is 0.0963. The van der Waals surface area contributed by atoms with Gasteiger partial charge in [-0.1, -0.05) is 29.8 Å². The molecule has 1 aromatic heterocycles. The van der Waals surface area contributed by atoms with Gasteiger partial charge in [-0.25, -0.2) is 0 Å². The van der Waals surface area contributed by atoms with Crippen molar-refractivity contribution < 1.29 is 4.79 Å². The van der Waals surface area contributed by atoms with Crippen molar-refractivity contribution in [3.63, 3.8) is 0 Å². The number of halogens is 1. The lowest BCUT2D eigenvalue weighted by atomic mass is 10.2. The molecule has 0 amide bonds. The van der Waals surface area contributed by atoms with Gasteiger partial charge in [-0.05, 0) is 43.3 Å². The minimum absolute atomic E-state index is 0.0321. The third kappa shape index (κ3) is 2.04.